The maximum Gasteiger partial charge on any atom is 0.332 e. The number of aromatic nitrogens is 1. The Balaban J connectivity index is 2.64. The van der Waals surface area contributed by atoms with Crippen molar-refractivity contribution in [2.45, 2.75) is 6.92 Å². The van der Waals surface area contributed by atoms with Gasteiger partial charge >= 0.3 is 11.7 Å². The second kappa shape index (κ2) is 6.00. The van der Waals surface area contributed by atoms with E-state index in [9.17, 15) is 14.9 Å². The van der Waals surface area contributed by atoms with Gasteiger partial charge in [-0.3, -0.25) is 14.9 Å². The summed E-state index contributed by atoms with van der Waals surface area (Å²) in [6, 6.07) is 1.13. The van der Waals surface area contributed by atoms with Gasteiger partial charge in [-0.05, 0) is 0 Å². The van der Waals surface area contributed by atoms with Crippen LogP contribution in [0.3, 0.4) is 0 Å². The van der Waals surface area contributed by atoms with Crippen molar-refractivity contribution in [2.24, 2.45) is 0 Å². The highest BCUT2D eigenvalue weighted by Crippen LogP contribution is 2.26. The Kier molecular flexibility index (Phi) is 4.65. The van der Waals surface area contributed by atoms with Gasteiger partial charge < -0.3 is 9.47 Å². The van der Waals surface area contributed by atoms with E-state index < -0.39 is 10.9 Å². The molecule has 0 aliphatic heterocycles. The van der Waals surface area contributed by atoms with Crippen molar-refractivity contribution in [3.63, 3.8) is 0 Å². The molecule has 0 unspecified atom stereocenters. The van der Waals surface area contributed by atoms with E-state index in [1.54, 1.807) is 0 Å². The summed E-state index contributed by atoms with van der Waals surface area (Å²) in [6.07, 6.45) is 1.23. The van der Waals surface area contributed by atoms with E-state index in [-0.39, 0.29) is 29.8 Å². The molecule has 1 heterocycles. The summed E-state index contributed by atoms with van der Waals surface area (Å²) >= 11 is 5.57. The van der Waals surface area contributed by atoms with Crippen LogP contribution in [0.4, 0.5) is 5.69 Å². The number of carbonyl (C=O) groups is 1. The first-order chi connectivity index (χ1) is 8.00. The Morgan fingerprint density at radius 3 is 2.88 bits per heavy atom. The molecular weight excluding hydrogens is 252 g/mol. The van der Waals surface area contributed by atoms with Gasteiger partial charge in [0.25, 0.3) is 5.88 Å². The van der Waals surface area contributed by atoms with Crippen molar-refractivity contribution >= 4 is 23.3 Å². The predicted octanol–water partition coefficient (Wildman–Crippen LogP) is 1.59. The number of hydrogen-bond acceptors (Lipinski definition) is 6. The first-order valence-corrected chi connectivity index (χ1v) is 4.94. The van der Waals surface area contributed by atoms with Crippen LogP contribution in [0.5, 0.6) is 5.88 Å². The Hall–Kier alpha value is -1.89. The van der Waals surface area contributed by atoms with E-state index in [1.165, 1.54) is 13.1 Å². The minimum Gasteiger partial charge on any atom is -0.469 e. The van der Waals surface area contributed by atoms with Crippen LogP contribution < -0.4 is 4.74 Å². The van der Waals surface area contributed by atoms with Crippen LogP contribution in [0, 0.1) is 10.1 Å². The molecule has 17 heavy (non-hydrogen) atoms. The smallest absolute Gasteiger partial charge is 0.332 e. The molecular formula is C9H9ClN2O5. The Morgan fingerprint density at radius 1 is 1.59 bits per heavy atom. The van der Waals surface area contributed by atoms with Crippen molar-refractivity contribution in [3.05, 3.63) is 27.4 Å². The zero-order chi connectivity index (χ0) is 12.8. The fourth-order valence-electron chi connectivity index (χ4n) is 0.982. The van der Waals surface area contributed by atoms with Gasteiger partial charge in [-0.25, -0.2) is 4.98 Å². The molecule has 8 heteroatoms. The van der Waals surface area contributed by atoms with Crippen LogP contribution in [0.25, 0.3) is 0 Å². The van der Waals surface area contributed by atoms with Crippen molar-refractivity contribution in [3.8, 4) is 5.88 Å². The normalized spacial score (nSPS) is 9.76. The zero-order valence-electron chi connectivity index (χ0n) is 8.88. The maximum atomic E-state index is 10.7. The van der Waals surface area contributed by atoms with Gasteiger partial charge in [-0.15, -0.1) is 0 Å². The fraction of sp³-hybridized carbons (Fsp3) is 0.333. The van der Waals surface area contributed by atoms with E-state index in [0.717, 1.165) is 6.07 Å². The number of ether oxygens (including phenoxy) is 2. The Labute approximate surface area is 101 Å². The molecule has 0 spiro atoms. The first kappa shape index (κ1) is 13.2. The summed E-state index contributed by atoms with van der Waals surface area (Å²) in [7, 11) is 0. The summed E-state index contributed by atoms with van der Waals surface area (Å²) in [5, 5.41) is 10.8. The minimum atomic E-state index is -0.653. The quantitative estimate of drug-likeness (QED) is 0.345. The lowest BCUT2D eigenvalue weighted by molar-refractivity contribution is -0.386. The molecule has 0 atom stereocenters. The van der Waals surface area contributed by atoms with E-state index in [1.807, 2.05) is 0 Å². The van der Waals surface area contributed by atoms with E-state index in [0.29, 0.717) is 0 Å². The van der Waals surface area contributed by atoms with E-state index in [2.05, 4.69) is 9.72 Å². The lowest BCUT2D eigenvalue weighted by Gasteiger charge is -2.05. The van der Waals surface area contributed by atoms with Crippen LogP contribution in [0.15, 0.2) is 12.3 Å². The molecule has 1 aromatic rings. The predicted molar refractivity (Wildman–Crippen MR) is 58.0 cm³/mol. The summed E-state index contributed by atoms with van der Waals surface area (Å²) in [5.41, 5.74) is -0.333. The molecule has 0 N–H and O–H groups in total. The monoisotopic (exact) mass is 260 g/mol. The number of halogens is 1. The second-order valence-electron chi connectivity index (χ2n) is 2.92. The molecule has 1 aromatic heterocycles. The van der Waals surface area contributed by atoms with Crippen LogP contribution >= 0.6 is 11.6 Å². The number of pyridine rings is 1. The third-order valence-corrected chi connectivity index (χ3v) is 1.83. The van der Waals surface area contributed by atoms with Gasteiger partial charge in [0.15, 0.2) is 0 Å². The number of hydrogen-bond donors (Lipinski definition) is 0. The molecule has 0 saturated carbocycles. The zero-order valence-corrected chi connectivity index (χ0v) is 9.64. The summed E-state index contributed by atoms with van der Waals surface area (Å²) in [4.78, 5) is 24.1. The largest absolute Gasteiger partial charge is 0.469 e. The minimum absolute atomic E-state index is 0.00318. The standard InChI is InChI=1S/C9H9ClN2O5/c1-6(13)16-2-3-17-9-8(12(14)15)4-7(10)5-11-9/h4-5H,2-3H2,1H3. The number of rotatable bonds is 5. The maximum absolute atomic E-state index is 10.7. The topological polar surface area (TPSA) is 91.6 Å². The van der Waals surface area contributed by atoms with E-state index in [4.69, 9.17) is 16.3 Å². The average Bonchev–Trinajstić information content (AvgIpc) is 2.25. The van der Waals surface area contributed by atoms with Gasteiger partial charge in [0.1, 0.15) is 13.2 Å². The third kappa shape index (κ3) is 4.23. The van der Waals surface area contributed by atoms with Crippen LogP contribution in [-0.4, -0.2) is 29.1 Å². The van der Waals surface area contributed by atoms with Gasteiger partial charge in [0.2, 0.25) is 0 Å². The molecule has 0 saturated heterocycles. The fourth-order valence-corrected chi connectivity index (χ4v) is 1.13. The molecule has 0 amide bonds. The molecule has 0 aromatic carbocycles. The molecule has 0 fully saturated rings. The highest BCUT2D eigenvalue weighted by atomic mass is 35.5. The number of nitrogens with zero attached hydrogens (tertiary/aromatic N) is 2. The highest BCUT2D eigenvalue weighted by Gasteiger charge is 2.17. The molecule has 92 valence electrons. The van der Waals surface area contributed by atoms with Crippen LogP contribution in [-0.2, 0) is 9.53 Å². The summed E-state index contributed by atoms with van der Waals surface area (Å²) < 4.78 is 9.62. The Morgan fingerprint density at radius 2 is 2.29 bits per heavy atom. The first-order valence-electron chi connectivity index (χ1n) is 4.57. The molecule has 7 nitrogen and oxygen atoms in total. The highest BCUT2D eigenvalue weighted by molar-refractivity contribution is 6.30. The molecule has 0 aliphatic carbocycles. The van der Waals surface area contributed by atoms with Gasteiger partial charge in [-0.2, -0.15) is 0 Å². The van der Waals surface area contributed by atoms with E-state index >= 15 is 0 Å². The van der Waals surface area contributed by atoms with Crippen molar-refractivity contribution in [1.29, 1.82) is 0 Å². The Bertz CT molecular complexity index is 437. The summed E-state index contributed by atoms with van der Waals surface area (Å²) in [5.74, 6) is -0.612. The van der Waals surface area contributed by atoms with Crippen molar-refractivity contribution in [1.82, 2.24) is 4.98 Å². The van der Waals surface area contributed by atoms with Gasteiger partial charge in [-0.1, -0.05) is 11.6 Å². The average molecular weight is 261 g/mol. The molecule has 0 radical (unpaired) electrons. The van der Waals surface area contributed by atoms with Crippen molar-refractivity contribution < 1.29 is 19.2 Å². The number of nitro groups is 1. The lowest BCUT2D eigenvalue weighted by Crippen LogP contribution is -2.11. The van der Waals surface area contributed by atoms with Crippen molar-refractivity contribution in [2.75, 3.05) is 13.2 Å². The second-order valence-corrected chi connectivity index (χ2v) is 3.36. The molecule has 1 rings (SSSR count). The SMILES string of the molecule is CC(=O)OCCOc1ncc(Cl)cc1[N+](=O)[O-]. The summed E-state index contributed by atoms with van der Waals surface area (Å²) in [6.45, 7) is 1.23. The van der Waals surface area contributed by atoms with Crippen LogP contribution in [0.1, 0.15) is 6.92 Å². The third-order valence-electron chi connectivity index (χ3n) is 1.62. The number of esters is 1. The van der Waals surface area contributed by atoms with Gasteiger partial charge in [0, 0.05) is 13.0 Å². The molecule has 0 bridgehead atoms. The van der Waals surface area contributed by atoms with Crippen LogP contribution in [0.2, 0.25) is 5.02 Å². The van der Waals surface area contributed by atoms with Gasteiger partial charge in [0.05, 0.1) is 16.1 Å². The molecule has 0 aliphatic rings. The lowest BCUT2D eigenvalue weighted by atomic mass is 10.4. The number of carbonyl (C=O) groups excluding carboxylic acids is 1.